The molecular weight excluding hydrogens is 203 g/mol. The van der Waals surface area contributed by atoms with Crippen molar-refractivity contribution < 1.29 is 4.39 Å². The summed E-state index contributed by atoms with van der Waals surface area (Å²) in [5, 5.41) is 0. The van der Waals surface area contributed by atoms with Crippen LogP contribution in [0, 0.1) is 11.7 Å². The van der Waals surface area contributed by atoms with Gasteiger partial charge in [0.1, 0.15) is 5.82 Å². The van der Waals surface area contributed by atoms with E-state index in [1.807, 2.05) is 0 Å². The quantitative estimate of drug-likeness (QED) is 0.797. The van der Waals surface area contributed by atoms with E-state index in [1.54, 1.807) is 6.07 Å². The zero-order valence-electron chi connectivity index (χ0n) is 9.75. The smallest absolute Gasteiger partial charge is 0.125 e. The first-order valence-corrected chi connectivity index (χ1v) is 5.95. The summed E-state index contributed by atoms with van der Waals surface area (Å²) in [5.41, 5.74) is 7.41. The Morgan fingerprint density at radius 1 is 1.50 bits per heavy atom. The van der Waals surface area contributed by atoms with Crippen molar-refractivity contribution in [3.05, 3.63) is 29.6 Å². The number of halogens is 1. The van der Waals surface area contributed by atoms with Gasteiger partial charge in [-0.1, -0.05) is 19.4 Å². The van der Waals surface area contributed by atoms with E-state index in [1.165, 1.54) is 25.0 Å². The lowest BCUT2D eigenvalue weighted by molar-refractivity contribution is 0.315. The van der Waals surface area contributed by atoms with Gasteiger partial charge in [0, 0.05) is 18.8 Å². The maximum absolute atomic E-state index is 12.9. The van der Waals surface area contributed by atoms with E-state index < -0.39 is 0 Å². The molecule has 1 atom stereocenters. The summed E-state index contributed by atoms with van der Waals surface area (Å²) in [6.07, 6.45) is 2.52. The highest BCUT2D eigenvalue weighted by Crippen LogP contribution is 2.23. The van der Waals surface area contributed by atoms with Crippen molar-refractivity contribution in [2.45, 2.75) is 26.3 Å². The topological polar surface area (TPSA) is 29.3 Å². The molecule has 0 saturated carbocycles. The molecule has 2 nitrogen and oxygen atoms in total. The lowest BCUT2D eigenvalue weighted by Gasteiger charge is -2.17. The number of hydrogen-bond acceptors (Lipinski definition) is 2. The third-order valence-corrected chi connectivity index (χ3v) is 3.45. The first kappa shape index (κ1) is 11.4. The largest absolute Gasteiger partial charge is 0.398 e. The normalized spacial score (nSPS) is 21.5. The van der Waals surface area contributed by atoms with E-state index in [0.717, 1.165) is 31.1 Å². The number of likely N-dealkylation sites (tertiary alicyclic amines) is 1. The van der Waals surface area contributed by atoms with Crippen LogP contribution < -0.4 is 5.73 Å². The summed E-state index contributed by atoms with van der Waals surface area (Å²) in [4.78, 5) is 2.40. The van der Waals surface area contributed by atoms with Crippen molar-refractivity contribution in [3.8, 4) is 0 Å². The van der Waals surface area contributed by atoms with Crippen LogP contribution in [0.25, 0.3) is 0 Å². The van der Waals surface area contributed by atoms with Gasteiger partial charge in [-0.05, 0) is 36.6 Å². The minimum atomic E-state index is -0.255. The van der Waals surface area contributed by atoms with Crippen LogP contribution in [-0.4, -0.2) is 18.0 Å². The van der Waals surface area contributed by atoms with E-state index in [9.17, 15) is 4.39 Å². The van der Waals surface area contributed by atoms with Crippen LogP contribution in [0.15, 0.2) is 18.2 Å². The minimum Gasteiger partial charge on any atom is -0.398 e. The lowest BCUT2D eigenvalue weighted by atomic mass is 10.1. The van der Waals surface area contributed by atoms with Crippen LogP contribution in [0.4, 0.5) is 10.1 Å². The third kappa shape index (κ3) is 2.53. The van der Waals surface area contributed by atoms with Gasteiger partial charge in [0.15, 0.2) is 0 Å². The lowest BCUT2D eigenvalue weighted by Crippen LogP contribution is -2.20. The first-order valence-electron chi connectivity index (χ1n) is 5.95. The van der Waals surface area contributed by atoms with Crippen LogP contribution in [0.3, 0.4) is 0 Å². The summed E-state index contributed by atoms with van der Waals surface area (Å²) in [6, 6.07) is 4.69. The molecule has 0 aliphatic carbocycles. The Bertz CT molecular complexity index is 365. The Balaban J connectivity index is 1.99. The molecule has 2 rings (SSSR count). The summed E-state index contributed by atoms with van der Waals surface area (Å²) in [7, 11) is 0. The Kier molecular flexibility index (Phi) is 3.44. The van der Waals surface area contributed by atoms with E-state index in [2.05, 4.69) is 11.8 Å². The molecule has 16 heavy (non-hydrogen) atoms. The number of rotatable bonds is 3. The zero-order valence-corrected chi connectivity index (χ0v) is 9.75. The molecule has 1 aromatic rings. The maximum Gasteiger partial charge on any atom is 0.125 e. The van der Waals surface area contributed by atoms with Crippen LogP contribution in [0.1, 0.15) is 25.3 Å². The van der Waals surface area contributed by atoms with Crippen molar-refractivity contribution in [1.29, 1.82) is 0 Å². The predicted octanol–water partition coefficient (Wildman–Crippen LogP) is 2.64. The SMILES string of the molecule is CCC1CCN(Cc2ccc(F)cc2N)C1. The Hall–Kier alpha value is -1.09. The molecule has 0 aromatic heterocycles. The number of nitrogen functional groups attached to an aromatic ring is 1. The Morgan fingerprint density at radius 3 is 2.94 bits per heavy atom. The number of anilines is 1. The van der Waals surface area contributed by atoms with Crippen molar-refractivity contribution >= 4 is 5.69 Å². The minimum absolute atomic E-state index is 0.255. The fourth-order valence-corrected chi connectivity index (χ4v) is 2.34. The molecule has 1 saturated heterocycles. The Morgan fingerprint density at radius 2 is 2.31 bits per heavy atom. The molecule has 1 fully saturated rings. The molecule has 88 valence electrons. The summed E-state index contributed by atoms with van der Waals surface area (Å²) in [6.45, 7) is 5.37. The molecule has 1 unspecified atom stereocenters. The average Bonchev–Trinajstić information content (AvgIpc) is 2.70. The van der Waals surface area contributed by atoms with Gasteiger partial charge >= 0.3 is 0 Å². The standard InChI is InChI=1S/C13H19FN2/c1-2-10-5-6-16(8-10)9-11-3-4-12(14)7-13(11)15/h3-4,7,10H,2,5-6,8-9,15H2,1H3. The molecular formula is C13H19FN2. The average molecular weight is 222 g/mol. The molecule has 3 heteroatoms. The number of hydrogen-bond donors (Lipinski definition) is 1. The van der Waals surface area contributed by atoms with Crippen molar-refractivity contribution in [2.75, 3.05) is 18.8 Å². The third-order valence-electron chi connectivity index (χ3n) is 3.45. The van der Waals surface area contributed by atoms with Gasteiger partial charge in [-0.3, -0.25) is 4.90 Å². The number of nitrogens with two attached hydrogens (primary N) is 1. The number of nitrogens with zero attached hydrogens (tertiary/aromatic N) is 1. The molecule has 2 N–H and O–H groups in total. The van der Waals surface area contributed by atoms with Crippen LogP contribution in [0.2, 0.25) is 0 Å². The van der Waals surface area contributed by atoms with E-state index in [4.69, 9.17) is 5.73 Å². The fraction of sp³-hybridized carbons (Fsp3) is 0.538. The second-order valence-electron chi connectivity index (χ2n) is 4.64. The van der Waals surface area contributed by atoms with Crippen LogP contribution in [0.5, 0.6) is 0 Å². The number of benzene rings is 1. The highest BCUT2D eigenvalue weighted by molar-refractivity contribution is 5.46. The highest BCUT2D eigenvalue weighted by atomic mass is 19.1. The molecule has 1 aliphatic rings. The van der Waals surface area contributed by atoms with Gasteiger partial charge in [0.05, 0.1) is 0 Å². The van der Waals surface area contributed by atoms with Gasteiger partial charge in [-0.15, -0.1) is 0 Å². The summed E-state index contributed by atoms with van der Waals surface area (Å²) < 4.78 is 12.9. The van der Waals surface area contributed by atoms with Crippen molar-refractivity contribution in [3.63, 3.8) is 0 Å². The second-order valence-corrected chi connectivity index (χ2v) is 4.64. The fourth-order valence-electron chi connectivity index (χ4n) is 2.34. The van der Waals surface area contributed by atoms with Gasteiger partial charge in [0.2, 0.25) is 0 Å². The monoisotopic (exact) mass is 222 g/mol. The predicted molar refractivity (Wildman–Crippen MR) is 64.5 cm³/mol. The first-order chi connectivity index (χ1) is 7.69. The molecule has 1 aliphatic heterocycles. The van der Waals surface area contributed by atoms with Gasteiger partial charge in [-0.25, -0.2) is 4.39 Å². The van der Waals surface area contributed by atoms with Gasteiger partial charge in [0.25, 0.3) is 0 Å². The maximum atomic E-state index is 12.9. The Labute approximate surface area is 96.2 Å². The second kappa shape index (κ2) is 4.83. The zero-order chi connectivity index (χ0) is 11.5. The van der Waals surface area contributed by atoms with Crippen LogP contribution >= 0.6 is 0 Å². The van der Waals surface area contributed by atoms with E-state index >= 15 is 0 Å². The molecule has 1 aromatic carbocycles. The molecule has 0 bridgehead atoms. The van der Waals surface area contributed by atoms with Crippen molar-refractivity contribution in [1.82, 2.24) is 4.90 Å². The van der Waals surface area contributed by atoms with Gasteiger partial charge in [-0.2, -0.15) is 0 Å². The highest BCUT2D eigenvalue weighted by Gasteiger charge is 2.21. The molecule has 1 heterocycles. The van der Waals surface area contributed by atoms with E-state index in [-0.39, 0.29) is 5.82 Å². The van der Waals surface area contributed by atoms with Crippen LogP contribution in [-0.2, 0) is 6.54 Å². The van der Waals surface area contributed by atoms with Crippen molar-refractivity contribution in [2.24, 2.45) is 5.92 Å². The summed E-state index contributed by atoms with van der Waals surface area (Å²) >= 11 is 0. The summed E-state index contributed by atoms with van der Waals surface area (Å²) in [5.74, 6) is 0.566. The molecule has 0 radical (unpaired) electrons. The van der Waals surface area contributed by atoms with Gasteiger partial charge < -0.3 is 5.73 Å². The molecule has 0 spiro atoms. The molecule has 0 amide bonds. The van der Waals surface area contributed by atoms with E-state index in [0.29, 0.717) is 5.69 Å².